The SMILES string of the molecule is C=CCOc1ccc(C(C(=O)OCCOCCOc2c(OCCOCCOCCOC(C)(C)C)cc(COC(=O)O)cc2OCCOCCOCCOC(C)(C)C)N(CC=C)CC=C)cc1OCC=C. The number of carbonyl (C=O) groups is 2. The van der Waals surface area contributed by atoms with Crippen LogP contribution in [0.5, 0.6) is 28.7 Å². The lowest BCUT2D eigenvalue weighted by Crippen LogP contribution is -2.36. The molecule has 0 saturated heterocycles. The van der Waals surface area contributed by atoms with Crippen LogP contribution in [0.4, 0.5) is 4.79 Å². The van der Waals surface area contributed by atoms with E-state index in [1.165, 1.54) is 0 Å². The van der Waals surface area contributed by atoms with Crippen molar-refractivity contribution in [3.05, 3.63) is 92.1 Å². The van der Waals surface area contributed by atoms with Crippen LogP contribution in [0, 0.1) is 0 Å². The maximum absolute atomic E-state index is 13.8. The van der Waals surface area contributed by atoms with Gasteiger partial charge in [-0.05, 0) is 76.9 Å². The van der Waals surface area contributed by atoms with Crippen LogP contribution in [-0.4, -0.2) is 165 Å². The summed E-state index contributed by atoms with van der Waals surface area (Å²) in [4.78, 5) is 27.0. The number of rotatable bonds is 42. The van der Waals surface area contributed by atoms with E-state index >= 15 is 0 Å². The lowest BCUT2D eigenvalue weighted by Gasteiger charge is -2.29. The molecule has 2 aromatic rings. The van der Waals surface area contributed by atoms with Crippen LogP contribution >= 0.6 is 0 Å². The van der Waals surface area contributed by atoms with Crippen LogP contribution in [0.25, 0.3) is 0 Å². The Kier molecular flexibility index (Phi) is 31.2. The quantitative estimate of drug-likeness (QED) is 0.0385. The third-order valence-electron chi connectivity index (χ3n) is 8.94. The summed E-state index contributed by atoms with van der Waals surface area (Å²) in [6.07, 6.45) is 5.19. The van der Waals surface area contributed by atoms with Crippen molar-refractivity contribution < 1.29 is 81.0 Å². The molecule has 0 aliphatic carbocycles. The topological polar surface area (TPSA) is 187 Å². The summed E-state index contributed by atoms with van der Waals surface area (Å²) in [5.41, 5.74) is 0.574. The maximum Gasteiger partial charge on any atom is 0.506 e. The number of carboxylic acid groups (broad SMARTS) is 1. The van der Waals surface area contributed by atoms with Gasteiger partial charge >= 0.3 is 12.1 Å². The Balaban J connectivity index is 2.13. The maximum atomic E-state index is 13.8. The summed E-state index contributed by atoms with van der Waals surface area (Å²) in [6.45, 7) is 32.0. The van der Waals surface area contributed by atoms with Crippen molar-refractivity contribution in [1.29, 1.82) is 0 Å². The molecule has 0 spiro atoms. The van der Waals surface area contributed by atoms with Crippen molar-refractivity contribution in [2.45, 2.75) is 65.4 Å². The van der Waals surface area contributed by atoms with Crippen molar-refractivity contribution in [3.8, 4) is 28.7 Å². The van der Waals surface area contributed by atoms with Crippen LogP contribution < -0.4 is 23.7 Å². The number of hydrogen-bond donors (Lipinski definition) is 1. The molecule has 0 aliphatic rings. The van der Waals surface area contributed by atoms with Crippen molar-refractivity contribution >= 4 is 12.1 Å². The summed E-state index contributed by atoms with van der Waals surface area (Å²) in [5.74, 6) is 1.16. The molecule has 2 aromatic carbocycles. The fourth-order valence-electron chi connectivity index (χ4n) is 6.02. The Bertz CT molecular complexity index is 1740. The monoisotopic (exact) mass is 990 g/mol. The first kappa shape index (κ1) is 60.9. The second kappa shape index (κ2) is 35.8. The van der Waals surface area contributed by atoms with E-state index in [0.29, 0.717) is 88.6 Å². The van der Waals surface area contributed by atoms with Gasteiger partial charge in [0.2, 0.25) is 5.75 Å². The molecule has 0 radical (unpaired) electrons. The summed E-state index contributed by atoms with van der Waals surface area (Å²) in [6, 6.07) is 7.64. The van der Waals surface area contributed by atoms with Gasteiger partial charge in [-0.1, -0.05) is 43.5 Å². The van der Waals surface area contributed by atoms with E-state index in [9.17, 15) is 14.7 Å². The predicted octanol–water partition coefficient (Wildman–Crippen LogP) is 7.82. The van der Waals surface area contributed by atoms with Crippen molar-refractivity contribution in [2.24, 2.45) is 0 Å². The van der Waals surface area contributed by atoms with Gasteiger partial charge in [0, 0.05) is 13.1 Å². The molecule has 1 atom stereocenters. The first-order valence-corrected chi connectivity index (χ1v) is 23.4. The van der Waals surface area contributed by atoms with Crippen molar-refractivity contribution in [1.82, 2.24) is 4.90 Å². The predicted molar refractivity (Wildman–Crippen MR) is 265 cm³/mol. The van der Waals surface area contributed by atoms with E-state index in [-0.39, 0.29) is 101 Å². The summed E-state index contributed by atoms with van der Waals surface area (Å²) in [7, 11) is 0. The largest absolute Gasteiger partial charge is 0.506 e. The first-order valence-electron chi connectivity index (χ1n) is 23.4. The number of ether oxygens (including phenoxy) is 14. The molecule has 0 fully saturated rings. The van der Waals surface area contributed by atoms with Gasteiger partial charge in [-0.25, -0.2) is 9.59 Å². The number of carbonyl (C=O) groups excluding carboxylic acids is 1. The molecule has 0 aromatic heterocycles. The van der Waals surface area contributed by atoms with Gasteiger partial charge in [-0.3, -0.25) is 4.90 Å². The smallest absolute Gasteiger partial charge is 0.487 e. The Hall–Kier alpha value is -5.18. The molecule has 18 heteroatoms. The third kappa shape index (κ3) is 27.9. The van der Waals surface area contributed by atoms with Gasteiger partial charge in [0.25, 0.3) is 0 Å². The molecule has 2 rings (SSSR count). The Labute approximate surface area is 415 Å². The van der Waals surface area contributed by atoms with Gasteiger partial charge in [-0.15, -0.1) is 13.2 Å². The summed E-state index contributed by atoms with van der Waals surface area (Å²) in [5, 5.41) is 9.23. The minimum absolute atomic E-state index is 0.0357. The fourth-order valence-corrected chi connectivity index (χ4v) is 6.02. The number of esters is 1. The van der Waals surface area contributed by atoms with Crippen LogP contribution in [0.3, 0.4) is 0 Å². The molecule has 18 nitrogen and oxygen atoms in total. The number of benzene rings is 2. The van der Waals surface area contributed by atoms with Crippen LogP contribution in [0.2, 0.25) is 0 Å². The van der Waals surface area contributed by atoms with Gasteiger partial charge < -0.3 is 71.4 Å². The third-order valence-corrected chi connectivity index (χ3v) is 8.94. The molecule has 70 heavy (non-hydrogen) atoms. The molecular weight excluding hydrogens is 911 g/mol. The van der Waals surface area contributed by atoms with E-state index < -0.39 is 18.2 Å². The van der Waals surface area contributed by atoms with E-state index in [1.807, 2.05) is 46.4 Å². The zero-order chi connectivity index (χ0) is 51.5. The molecule has 394 valence electrons. The molecule has 1 unspecified atom stereocenters. The normalized spacial score (nSPS) is 11.9. The van der Waals surface area contributed by atoms with Crippen LogP contribution in [0.1, 0.15) is 58.7 Å². The van der Waals surface area contributed by atoms with Crippen molar-refractivity contribution in [3.63, 3.8) is 0 Å². The van der Waals surface area contributed by atoms with Crippen LogP contribution in [-0.2, 0) is 54.0 Å². The lowest BCUT2D eigenvalue weighted by molar-refractivity contribution is -0.151. The highest BCUT2D eigenvalue weighted by molar-refractivity contribution is 5.78. The minimum Gasteiger partial charge on any atom is -0.487 e. The van der Waals surface area contributed by atoms with E-state index in [4.69, 9.17) is 66.3 Å². The van der Waals surface area contributed by atoms with Gasteiger partial charge in [0.05, 0.1) is 90.5 Å². The fraction of sp³-hybridized carbons (Fsp3) is 0.577. The average molecular weight is 990 g/mol. The molecule has 0 heterocycles. The molecule has 1 N–H and O–H groups in total. The summed E-state index contributed by atoms with van der Waals surface area (Å²) < 4.78 is 80.5. The Morgan fingerprint density at radius 3 is 1.43 bits per heavy atom. The second-order valence-electron chi connectivity index (χ2n) is 17.0. The lowest BCUT2D eigenvalue weighted by atomic mass is 10.0. The highest BCUT2D eigenvalue weighted by atomic mass is 16.7. The van der Waals surface area contributed by atoms with Gasteiger partial charge in [0.15, 0.2) is 23.0 Å². The first-order chi connectivity index (χ1) is 33.6. The minimum atomic E-state index is -1.44. The zero-order valence-corrected chi connectivity index (χ0v) is 42.4. The average Bonchev–Trinajstić information content (AvgIpc) is 3.30. The zero-order valence-electron chi connectivity index (χ0n) is 42.4. The van der Waals surface area contributed by atoms with Gasteiger partial charge in [0.1, 0.15) is 52.3 Å². The molecule has 0 amide bonds. The van der Waals surface area contributed by atoms with E-state index in [2.05, 4.69) is 26.3 Å². The summed E-state index contributed by atoms with van der Waals surface area (Å²) >= 11 is 0. The number of nitrogens with zero attached hydrogens (tertiary/aromatic N) is 1. The van der Waals surface area contributed by atoms with Crippen LogP contribution in [0.15, 0.2) is 81.0 Å². The Morgan fingerprint density at radius 1 is 0.529 bits per heavy atom. The van der Waals surface area contributed by atoms with E-state index in [0.717, 1.165) is 0 Å². The standard InChI is InChI=1S/C52H79NO17/c1-11-17-53(18-12-2)47(42-15-16-43(62-19-13-3)44(39-42)63-20-14-4)49(54)67-34-28-61-27-33-66-48-45(64-31-25-57-21-23-59-29-35-69-51(5,6)7)37-41(40-68-50(55)56)38-46(48)65-32-26-58-22-24-60-30-36-70-52(8,9)10/h11-16,37-39,47H,1-4,17-36,40H2,5-10H3,(H,55,56). The van der Waals surface area contributed by atoms with Crippen molar-refractivity contribution in [2.75, 3.05) is 132 Å². The highest BCUT2D eigenvalue weighted by Crippen LogP contribution is 2.39. The molecular formula is C52H79NO17. The molecule has 0 saturated carbocycles. The highest BCUT2D eigenvalue weighted by Gasteiger charge is 2.29. The second-order valence-corrected chi connectivity index (χ2v) is 17.0. The molecule has 0 bridgehead atoms. The van der Waals surface area contributed by atoms with E-state index in [1.54, 1.807) is 54.6 Å². The van der Waals surface area contributed by atoms with Gasteiger partial charge in [-0.2, -0.15) is 0 Å². The number of hydrogen-bond acceptors (Lipinski definition) is 17. The Morgan fingerprint density at radius 2 is 0.971 bits per heavy atom. The molecule has 0 aliphatic heterocycles.